The molecule has 1 fully saturated rings. The number of terminal acetylenes is 1. The van der Waals surface area contributed by atoms with Crippen LogP contribution < -0.4 is 4.74 Å². The Bertz CT molecular complexity index is 796. The first kappa shape index (κ1) is 15.3. The molecule has 24 heavy (non-hydrogen) atoms. The van der Waals surface area contributed by atoms with Crippen molar-refractivity contribution in [2.45, 2.75) is 43.9 Å². The normalized spacial score (nSPS) is 27.9. The van der Waals surface area contributed by atoms with Crippen LogP contribution in [-0.2, 0) is 5.41 Å². The van der Waals surface area contributed by atoms with E-state index in [1.807, 2.05) is 0 Å². The summed E-state index contributed by atoms with van der Waals surface area (Å²) in [7, 11) is 1.72. The zero-order valence-electron chi connectivity index (χ0n) is 14.5. The Hall–Kier alpha value is -2.20. The molecular formula is C23H24O. The highest BCUT2D eigenvalue weighted by atomic mass is 16.5. The number of rotatable bonds is 2. The van der Waals surface area contributed by atoms with Gasteiger partial charge in [-0.25, -0.2) is 0 Å². The number of benzene rings is 2. The number of hydrogen-bond acceptors (Lipinski definition) is 1. The van der Waals surface area contributed by atoms with Crippen molar-refractivity contribution in [2.75, 3.05) is 7.11 Å². The van der Waals surface area contributed by atoms with Gasteiger partial charge < -0.3 is 4.74 Å². The molecule has 0 aliphatic heterocycles. The van der Waals surface area contributed by atoms with E-state index in [4.69, 9.17) is 11.2 Å². The molecule has 0 aromatic heterocycles. The van der Waals surface area contributed by atoms with E-state index >= 15 is 0 Å². The molecule has 3 atom stereocenters. The van der Waals surface area contributed by atoms with Crippen molar-refractivity contribution >= 4 is 0 Å². The van der Waals surface area contributed by atoms with Crippen molar-refractivity contribution in [3.63, 3.8) is 0 Å². The molecule has 122 valence electrons. The smallest absolute Gasteiger partial charge is 0.118 e. The third-order valence-electron chi connectivity index (χ3n) is 6.13. The van der Waals surface area contributed by atoms with Gasteiger partial charge in [-0.15, -0.1) is 6.42 Å². The minimum absolute atomic E-state index is 0.0792. The lowest BCUT2D eigenvalue weighted by atomic mass is 9.64. The Morgan fingerprint density at radius 2 is 1.92 bits per heavy atom. The van der Waals surface area contributed by atoms with E-state index < -0.39 is 0 Å². The maximum atomic E-state index is 6.16. The second-order valence-corrected chi connectivity index (χ2v) is 7.31. The highest BCUT2D eigenvalue weighted by molar-refractivity contribution is 5.55. The van der Waals surface area contributed by atoms with Gasteiger partial charge in [0.2, 0.25) is 0 Å². The van der Waals surface area contributed by atoms with Crippen molar-refractivity contribution in [1.82, 2.24) is 0 Å². The Kier molecular flexibility index (Phi) is 3.65. The summed E-state index contributed by atoms with van der Waals surface area (Å²) in [5.74, 6) is 5.09. The van der Waals surface area contributed by atoms with Crippen molar-refractivity contribution in [1.29, 1.82) is 0 Å². The molecule has 0 bridgehead atoms. The van der Waals surface area contributed by atoms with E-state index in [2.05, 4.69) is 55.3 Å². The molecule has 0 saturated heterocycles. The van der Waals surface area contributed by atoms with E-state index in [1.54, 1.807) is 7.11 Å². The molecule has 0 N–H and O–H groups in total. The van der Waals surface area contributed by atoms with Gasteiger partial charge in [-0.2, -0.15) is 0 Å². The standard InChI is InChI=1S/C23H24O/c1-4-23-14-6-5-7-20(23)22(17-9-11-18(24-3)12-10-17)19-13-8-16(2)15-21(19)23/h1,8-13,15,20,22H,5-7,14H2,2-3H3. The summed E-state index contributed by atoms with van der Waals surface area (Å²) in [5.41, 5.74) is 5.45. The van der Waals surface area contributed by atoms with Gasteiger partial charge in [-0.1, -0.05) is 54.7 Å². The molecule has 1 heteroatoms. The van der Waals surface area contributed by atoms with Crippen LogP contribution in [0.1, 0.15) is 53.9 Å². The SMILES string of the molecule is C#CC12CCCCC1C(c1ccc(OC)cc1)c1ccc(C)cc12. The molecule has 0 amide bonds. The van der Waals surface area contributed by atoms with Gasteiger partial charge in [-0.3, -0.25) is 0 Å². The van der Waals surface area contributed by atoms with Gasteiger partial charge in [0.25, 0.3) is 0 Å². The van der Waals surface area contributed by atoms with Gasteiger partial charge in [0, 0.05) is 5.92 Å². The van der Waals surface area contributed by atoms with Crippen molar-refractivity contribution < 1.29 is 4.74 Å². The summed E-state index contributed by atoms with van der Waals surface area (Å²) < 4.78 is 5.33. The fourth-order valence-corrected chi connectivity index (χ4v) is 5.01. The molecule has 1 saturated carbocycles. The van der Waals surface area contributed by atoms with Gasteiger partial charge in [0.1, 0.15) is 5.75 Å². The Labute approximate surface area is 145 Å². The average Bonchev–Trinajstić information content (AvgIpc) is 2.92. The van der Waals surface area contributed by atoms with E-state index in [0.717, 1.165) is 12.2 Å². The lowest BCUT2D eigenvalue weighted by molar-refractivity contribution is 0.248. The lowest BCUT2D eigenvalue weighted by Gasteiger charge is -2.38. The van der Waals surface area contributed by atoms with Crippen LogP contribution in [0.15, 0.2) is 42.5 Å². The predicted molar refractivity (Wildman–Crippen MR) is 98.5 cm³/mol. The first-order valence-corrected chi connectivity index (χ1v) is 8.92. The van der Waals surface area contributed by atoms with Crippen LogP contribution in [0.2, 0.25) is 0 Å². The summed E-state index contributed by atoms with van der Waals surface area (Å²) in [5, 5.41) is 0. The molecule has 0 radical (unpaired) electrons. The number of methoxy groups -OCH3 is 1. The minimum Gasteiger partial charge on any atom is -0.497 e. The Morgan fingerprint density at radius 1 is 1.12 bits per heavy atom. The maximum absolute atomic E-state index is 6.16. The molecule has 4 rings (SSSR count). The van der Waals surface area contributed by atoms with Gasteiger partial charge in [-0.05, 0) is 54.5 Å². The topological polar surface area (TPSA) is 9.23 Å². The third-order valence-corrected chi connectivity index (χ3v) is 6.13. The highest BCUT2D eigenvalue weighted by Crippen LogP contribution is 2.59. The highest BCUT2D eigenvalue weighted by Gasteiger charge is 2.52. The fourth-order valence-electron chi connectivity index (χ4n) is 5.01. The molecule has 1 nitrogen and oxygen atoms in total. The zero-order chi connectivity index (χ0) is 16.7. The zero-order valence-corrected chi connectivity index (χ0v) is 14.5. The first-order chi connectivity index (χ1) is 11.7. The number of fused-ring (bicyclic) bond motifs is 3. The fraction of sp³-hybridized carbons (Fsp3) is 0.391. The third kappa shape index (κ3) is 2.09. The van der Waals surface area contributed by atoms with Gasteiger partial charge in [0.05, 0.1) is 12.5 Å². The molecule has 2 aromatic carbocycles. The Balaban J connectivity index is 1.89. The number of hydrogen-bond donors (Lipinski definition) is 0. The quantitative estimate of drug-likeness (QED) is 0.691. The molecule has 2 aliphatic rings. The molecule has 2 aliphatic carbocycles. The van der Waals surface area contributed by atoms with Crippen LogP contribution in [0.25, 0.3) is 0 Å². The largest absolute Gasteiger partial charge is 0.497 e. The van der Waals surface area contributed by atoms with Crippen LogP contribution in [0.4, 0.5) is 0 Å². The van der Waals surface area contributed by atoms with Gasteiger partial charge in [0.15, 0.2) is 0 Å². The number of aryl methyl sites for hydroxylation is 1. The molecule has 2 aromatic rings. The summed E-state index contributed by atoms with van der Waals surface area (Å²) in [4.78, 5) is 0. The van der Waals surface area contributed by atoms with Gasteiger partial charge >= 0.3 is 0 Å². The monoisotopic (exact) mass is 316 g/mol. The van der Waals surface area contributed by atoms with Crippen molar-refractivity contribution in [3.8, 4) is 18.1 Å². The second kappa shape index (κ2) is 5.71. The van der Waals surface area contributed by atoms with E-state index in [9.17, 15) is 0 Å². The average molecular weight is 316 g/mol. The van der Waals surface area contributed by atoms with Crippen LogP contribution in [-0.4, -0.2) is 7.11 Å². The summed E-state index contributed by atoms with van der Waals surface area (Å²) >= 11 is 0. The lowest BCUT2D eigenvalue weighted by Crippen LogP contribution is -2.34. The van der Waals surface area contributed by atoms with E-state index in [0.29, 0.717) is 11.8 Å². The summed E-state index contributed by atoms with van der Waals surface area (Å²) in [6.45, 7) is 2.17. The molecule has 0 spiro atoms. The number of ether oxygens (including phenoxy) is 1. The Morgan fingerprint density at radius 3 is 2.62 bits per heavy atom. The minimum atomic E-state index is -0.0792. The van der Waals surface area contributed by atoms with Crippen LogP contribution >= 0.6 is 0 Å². The van der Waals surface area contributed by atoms with E-state index in [1.165, 1.54) is 41.5 Å². The van der Waals surface area contributed by atoms with Crippen LogP contribution in [0, 0.1) is 25.2 Å². The molecule has 0 heterocycles. The summed E-state index contributed by atoms with van der Waals surface area (Å²) in [6, 6.07) is 15.5. The molecule has 3 unspecified atom stereocenters. The van der Waals surface area contributed by atoms with E-state index in [-0.39, 0.29) is 5.41 Å². The predicted octanol–water partition coefficient (Wildman–Crippen LogP) is 5.21. The second-order valence-electron chi connectivity index (χ2n) is 7.31. The maximum Gasteiger partial charge on any atom is 0.118 e. The van der Waals surface area contributed by atoms with Crippen LogP contribution in [0.3, 0.4) is 0 Å². The van der Waals surface area contributed by atoms with Crippen LogP contribution in [0.5, 0.6) is 5.75 Å². The van der Waals surface area contributed by atoms with Crippen molar-refractivity contribution in [2.24, 2.45) is 5.92 Å². The molecular weight excluding hydrogens is 292 g/mol. The first-order valence-electron chi connectivity index (χ1n) is 8.92. The van der Waals surface area contributed by atoms with Crippen molar-refractivity contribution in [3.05, 3.63) is 64.7 Å². The summed E-state index contributed by atoms with van der Waals surface area (Å²) in [6.07, 6.45) is 11.0.